The lowest BCUT2D eigenvalue weighted by Crippen LogP contribution is -2.65. The second-order valence-corrected chi connectivity index (χ2v) is 11.3. The molecule has 0 aliphatic carbocycles. The number of halogens is 3. The van der Waals surface area contributed by atoms with E-state index in [4.69, 9.17) is 4.74 Å². The van der Waals surface area contributed by atoms with Crippen molar-refractivity contribution in [3.05, 3.63) is 59.2 Å². The van der Waals surface area contributed by atoms with Crippen molar-refractivity contribution in [1.82, 2.24) is 13.9 Å². The zero-order chi connectivity index (χ0) is 25.1. The fourth-order valence-corrected chi connectivity index (χ4v) is 6.43. The van der Waals surface area contributed by atoms with E-state index in [1.54, 1.807) is 25.1 Å². The Kier molecular flexibility index (Phi) is 5.94. The summed E-state index contributed by atoms with van der Waals surface area (Å²) >= 11 is 0. The summed E-state index contributed by atoms with van der Waals surface area (Å²) < 4.78 is 80.1. The molecule has 7 nitrogen and oxygen atoms in total. The molecule has 0 aromatic heterocycles. The molecule has 1 unspecified atom stereocenters. The lowest BCUT2D eigenvalue weighted by atomic mass is 9.90. The van der Waals surface area contributed by atoms with Gasteiger partial charge in [0.2, 0.25) is 0 Å². The van der Waals surface area contributed by atoms with E-state index < -0.39 is 58.2 Å². The van der Waals surface area contributed by atoms with Crippen LogP contribution in [0.1, 0.15) is 17.5 Å². The van der Waals surface area contributed by atoms with Gasteiger partial charge in [-0.25, -0.2) is 13.2 Å². The lowest BCUT2D eigenvalue weighted by Gasteiger charge is -2.38. The van der Waals surface area contributed by atoms with Crippen LogP contribution >= 0.6 is 0 Å². The number of fused-ring (bicyclic) bond motifs is 1. The van der Waals surface area contributed by atoms with Crippen LogP contribution in [0, 0.1) is 18.6 Å². The van der Waals surface area contributed by atoms with Gasteiger partial charge in [-0.15, -0.1) is 0 Å². The van der Waals surface area contributed by atoms with Gasteiger partial charge in [-0.2, -0.15) is 17.4 Å². The molecule has 0 spiro atoms. The monoisotopic (exact) mass is 509 g/mol. The standard InChI is InChI=1S/C24H26F3N3O4S/c1-14-5-3-7-16(20(14)25)17-8-4-6-15(21(17)26)11-18-22-24(27,12-29(2)35(32,33)28-22)13-30(18)23(31)19-9-10-34-19/h3-8,18-19,22,28H,9-13H2,1-2H3/t18-,19-,22+,24?/m0/s1. The predicted octanol–water partition coefficient (Wildman–Crippen LogP) is 2.34. The molecule has 1 amide bonds. The fraction of sp³-hybridized carbons (Fsp3) is 0.458. The smallest absolute Gasteiger partial charge is 0.279 e. The number of alkyl halides is 1. The fourth-order valence-electron chi connectivity index (χ4n) is 5.17. The molecule has 3 aliphatic heterocycles. The molecule has 3 heterocycles. The van der Waals surface area contributed by atoms with E-state index in [0.29, 0.717) is 18.6 Å². The number of nitrogens with one attached hydrogen (secondary N) is 1. The second-order valence-electron chi connectivity index (χ2n) is 9.49. The zero-order valence-corrected chi connectivity index (χ0v) is 20.1. The molecule has 4 atom stereocenters. The van der Waals surface area contributed by atoms with Crippen molar-refractivity contribution in [3.8, 4) is 11.1 Å². The predicted molar refractivity (Wildman–Crippen MR) is 122 cm³/mol. The van der Waals surface area contributed by atoms with Crippen molar-refractivity contribution in [2.75, 3.05) is 26.7 Å². The summed E-state index contributed by atoms with van der Waals surface area (Å²) in [4.78, 5) is 14.4. The maximum absolute atomic E-state index is 16.1. The Morgan fingerprint density at radius 2 is 1.80 bits per heavy atom. The highest BCUT2D eigenvalue weighted by Crippen LogP contribution is 2.39. The third kappa shape index (κ3) is 4.04. The number of likely N-dealkylation sites (tertiary alicyclic amines) is 1. The van der Waals surface area contributed by atoms with Crippen LogP contribution in [0.2, 0.25) is 0 Å². The summed E-state index contributed by atoms with van der Waals surface area (Å²) in [6.07, 6.45) is -0.407. The minimum Gasteiger partial charge on any atom is -0.368 e. The number of carbonyl (C=O) groups is 1. The number of aryl methyl sites for hydroxylation is 1. The summed E-state index contributed by atoms with van der Waals surface area (Å²) in [5, 5.41) is 0. The number of amides is 1. The molecule has 0 saturated carbocycles. The highest BCUT2D eigenvalue weighted by molar-refractivity contribution is 7.87. The van der Waals surface area contributed by atoms with E-state index in [9.17, 15) is 17.6 Å². The van der Waals surface area contributed by atoms with Crippen LogP contribution < -0.4 is 4.72 Å². The van der Waals surface area contributed by atoms with Crippen molar-refractivity contribution >= 4 is 16.1 Å². The Labute approximate surface area is 202 Å². The molecule has 3 saturated heterocycles. The first-order valence-electron chi connectivity index (χ1n) is 11.4. The number of carbonyl (C=O) groups excluding carboxylic acids is 1. The maximum Gasteiger partial charge on any atom is 0.279 e. The van der Waals surface area contributed by atoms with Crippen LogP contribution in [0.5, 0.6) is 0 Å². The Morgan fingerprint density at radius 1 is 1.14 bits per heavy atom. The minimum absolute atomic E-state index is 0.0392. The highest BCUT2D eigenvalue weighted by atomic mass is 32.2. The molecular formula is C24H26F3N3O4S. The number of rotatable bonds is 4. The van der Waals surface area contributed by atoms with Crippen molar-refractivity contribution < 1.29 is 31.1 Å². The van der Waals surface area contributed by atoms with Gasteiger partial charge in [-0.3, -0.25) is 4.79 Å². The van der Waals surface area contributed by atoms with Crippen molar-refractivity contribution in [2.45, 2.75) is 43.6 Å². The third-order valence-electron chi connectivity index (χ3n) is 7.19. The third-order valence-corrected chi connectivity index (χ3v) is 8.70. The molecular weight excluding hydrogens is 483 g/mol. The zero-order valence-electron chi connectivity index (χ0n) is 19.3. The van der Waals surface area contributed by atoms with E-state index >= 15 is 8.78 Å². The summed E-state index contributed by atoms with van der Waals surface area (Å²) in [6.45, 7) is 1.21. The van der Waals surface area contributed by atoms with Crippen LogP contribution in [0.4, 0.5) is 13.2 Å². The van der Waals surface area contributed by atoms with Crippen LogP contribution in [0.15, 0.2) is 36.4 Å². The van der Waals surface area contributed by atoms with Gasteiger partial charge in [-0.1, -0.05) is 36.4 Å². The van der Waals surface area contributed by atoms with Gasteiger partial charge in [-0.05, 0) is 24.5 Å². The van der Waals surface area contributed by atoms with Crippen molar-refractivity contribution in [3.63, 3.8) is 0 Å². The Bertz CT molecular complexity index is 1290. The Morgan fingerprint density at radius 3 is 2.46 bits per heavy atom. The number of hydrogen-bond donors (Lipinski definition) is 1. The van der Waals surface area contributed by atoms with Gasteiger partial charge in [0.05, 0.1) is 31.8 Å². The average molecular weight is 510 g/mol. The van der Waals surface area contributed by atoms with Crippen LogP contribution in [-0.2, 0) is 26.2 Å². The molecule has 5 rings (SSSR count). The molecule has 1 N–H and O–H groups in total. The quantitative estimate of drug-likeness (QED) is 0.687. The van der Waals surface area contributed by atoms with Crippen LogP contribution in [-0.4, -0.2) is 74.1 Å². The van der Waals surface area contributed by atoms with E-state index in [0.717, 1.165) is 4.31 Å². The minimum atomic E-state index is -3.98. The molecule has 35 heavy (non-hydrogen) atoms. The number of nitrogens with zero attached hydrogens (tertiary/aromatic N) is 2. The van der Waals surface area contributed by atoms with E-state index in [1.165, 1.54) is 30.1 Å². The molecule has 188 valence electrons. The average Bonchev–Trinajstić information content (AvgIpc) is 3.02. The first kappa shape index (κ1) is 24.2. The largest absolute Gasteiger partial charge is 0.368 e. The summed E-state index contributed by atoms with van der Waals surface area (Å²) in [5.41, 5.74) is -1.45. The summed E-state index contributed by atoms with van der Waals surface area (Å²) in [6, 6.07) is 6.91. The van der Waals surface area contributed by atoms with Gasteiger partial charge < -0.3 is 9.64 Å². The first-order chi connectivity index (χ1) is 16.5. The van der Waals surface area contributed by atoms with Crippen LogP contribution in [0.25, 0.3) is 11.1 Å². The topological polar surface area (TPSA) is 79.0 Å². The molecule has 0 radical (unpaired) electrons. The Balaban J connectivity index is 1.54. The normalized spacial score (nSPS) is 30.1. The maximum atomic E-state index is 16.1. The SMILES string of the molecule is Cc1cccc(-c2cccc(C[C@H]3[C@H]4NS(=O)(=O)N(C)CC4(F)CN3C(=O)[C@@H]3CCO3)c2F)c1F. The van der Waals surface area contributed by atoms with Gasteiger partial charge in [0.1, 0.15) is 17.7 Å². The second kappa shape index (κ2) is 8.58. The molecule has 0 bridgehead atoms. The van der Waals surface area contributed by atoms with E-state index in [2.05, 4.69) is 4.72 Å². The molecule has 3 aliphatic rings. The van der Waals surface area contributed by atoms with E-state index in [1.807, 2.05) is 0 Å². The Hall–Kier alpha value is -2.47. The number of benzene rings is 2. The summed E-state index contributed by atoms with van der Waals surface area (Å²) in [7, 11) is -2.72. The molecule has 2 aromatic rings. The van der Waals surface area contributed by atoms with Gasteiger partial charge in [0, 0.05) is 24.6 Å². The summed E-state index contributed by atoms with van der Waals surface area (Å²) in [5.74, 6) is -1.69. The van der Waals surface area contributed by atoms with Gasteiger partial charge >= 0.3 is 0 Å². The molecule has 11 heteroatoms. The van der Waals surface area contributed by atoms with Crippen molar-refractivity contribution in [2.24, 2.45) is 0 Å². The molecule has 2 aromatic carbocycles. The van der Waals surface area contributed by atoms with Crippen molar-refractivity contribution in [1.29, 1.82) is 0 Å². The highest BCUT2D eigenvalue weighted by Gasteiger charge is 2.60. The first-order valence-corrected chi connectivity index (χ1v) is 12.8. The van der Waals surface area contributed by atoms with E-state index in [-0.39, 0.29) is 29.7 Å². The van der Waals surface area contributed by atoms with Gasteiger partial charge in [0.25, 0.3) is 16.1 Å². The number of hydrogen-bond acceptors (Lipinski definition) is 4. The van der Waals surface area contributed by atoms with Gasteiger partial charge in [0.15, 0.2) is 5.67 Å². The lowest BCUT2D eigenvalue weighted by molar-refractivity contribution is -0.157. The molecule has 3 fully saturated rings. The number of ether oxygens (including phenoxy) is 1. The van der Waals surface area contributed by atoms with Crippen LogP contribution in [0.3, 0.4) is 0 Å².